The maximum Gasteiger partial charge on any atom is 0.407 e. The second-order valence-electron chi connectivity index (χ2n) is 10.8. The number of halogens is 2. The molecule has 4 atom stereocenters. The van der Waals surface area contributed by atoms with E-state index in [1.165, 1.54) is 18.7 Å². The van der Waals surface area contributed by atoms with Gasteiger partial charge >= 0.3 is 18.0 Å². The number of likely N-dealkylation sites (tertiary alicyclic amines) is 1. The molecule has 1 unspecified atom stereocenters. The van der Waals surface area contributed by atoms with E-state index in [1.807, 2.05) is 0 Å². The number of nitrogens with one attached hydrogen (secondary N) is 2. The Balaban J connectivity index is 1.71. The summed E-state index contributed by atoms with van der Waals surface area (Å²) in [6.45, 7) is 3.24. The first-order valence-electron chi connectivity index (χ1n) is 14.2. The zero-order valence-electron chi connectivity index (χ0n) is 24.2. The van der Waals surface area contributed by atoms with Gasteiger partial charge in [-0.25, -0.2) is 23.2 Å². The van der Waals surface area contributed by atoms with Crippen LogP contribution in [0.2, 0.25) is 0 Å². The minimum absolute atomic E-state index is 0.0681. The van der Waals surface area contributed by atoms with Gasteiger partial charge in [-0.15, -0.1) is 0 Å². The molecule has 11 nitrogen and oxygen atoms in total. The Morgan fingerprint density at radius 3 is 2.29 bits per heavy atom. The molecule has 232 valence electrons. The number of amides is 3. The second-order valence-corrected chi connectivity index (χ2v) is 10.8. The molecule has 2 fully saturated rings. The molecule has 2 aliphatic rings. The summed E-state index contributed by atoms with van der Waals surface area (Å²) in [6.07, 6.45) is 3.58. The van der Waals surface area contributed by atoms with Gasteiger partial charge in [-0.3, -0.25) is 9.59 Å². The van der Waals surface area contributed by atoms with Crippen LogP contribution in [0.25, 0.3) is 0 Å². The molecule has 1 aromatic rings. The summed E-state index contributed by atoms with van der Waals surface area (Å²) in [5, 5.41) is 4.84. The van der Waals surface area contributed by atoms with E-state index < -0.39 is 59.8 Å². The minimum Gasteiger partial charge on any atom is -0.467 e. The van der Waals surface area contributed by atoms with E-state index in [1.54, 1.807) is 0 Å². The fraction of sp³-hybridized carbons (Fsp3) is 0.621. The van der Waals surface area contributed by atoms with Crippen LogP contribution in [0.4, 0.5) is 13.6 Å². The molecule has 1 heterocycles. The standard InChI is InChI=1S/C29H39F2N3O8/c1-17(42-27(37)24-9-6-11-34(24)18(2)35)25(28(38)40-3)33-26(36)23(15-20-13-21(30)16-22(31)14-20)32-29(39)41-12-10-19-7-4-5-8-19/h13-14,16-17,19,23-25H,4-12,15H2,1-3H3,(H,32,39)(H,33,36)/t17-,23+,24?,25+/m1/s1. The Morgan fingerprint density at radius 2 is 1.67 bits per heavy atom. The molecule has 0 bridgehead atoms. The molecule has 42 heavy (non-hydrogen) atoms. The fourth-order valence-corrected chi connectivity index (χ4v) is 5.44. The van der Waals surface area contributed by atoms with E-state index in [4.69, 9.17) is 14.2 Å². The number of benzene rings is 1. The van der Waals surface area contributed by atoms with Crippen LogP contribution < -0.4 is 10.6 Å². The lowest BCUT2D eigenvalue weighted by Gasteiger charge is -2.28. The van der Waals surface area contributed by atoms with Crippen molar-refractivity contribution in [1.29, 1.82) is 0 Å². The Hall–Kier alpha value is -3.77. The molecule has 13 heteroatoms. The summed E-state index contributed by atoms with van der Waals surface area (Å²) in [5.41, 5.74) is 0.0681. The smallest absolute Gasteiger partial charge is 0.407 e. The van der Waals surface area contributed by atoms with Crippen LogP contribution in [-0.2, 0) is 39.8 Å². The topological polar surface area (TPSA) is 140 Å². The Kier molecular flexibility index (Phi) is 12.0. The van der Waals surface area contributed by atoms with Crippen molar-refractivity contribution in [3.05, 3.63) is 35.4 Å². The molecule has 0 aromatic heterocycles. The van der Waals surface area contributed by atoms with Gasteiger partial charge < -0.3 is 29.7 Å². The van der Waals surface area contributed by atoms with Gasteiger partial charge in [-0.2, -0.15) is 0 Å². The maximum absolute atomic E-state index is 13.9. The predicted molar refractivity (Wildman–Crippen MR) is 145 cm³/mol. The van der Waals surface area contributed by atoms with Crippen molar-refractivity contribution >= 4 is 29.8 Å². The van der Waals surface area contributed by atoms with Crippen molar-refractivity contribution in [3.8, 4) is 0 Å². The average Bonchev–Trinajstić information content (AvgIpc) is 3.63. The van der Waals surface area contributed by atoms with E-state index in [-0.39, 0.29) is 24.5 Å². The van der Waals surface area contributed by atoms with Gasteiger partial charge in [0.1, 0.15) is 29.8 Å². The van der Waals surface area contributed by atoms with Crippen molar-refractivity contribution in [2.24, 2.45) is 5.92 Å². The zero-order chi connectivity index (χ0) is 30.8. The van der Waals surface area contributed by atoms with Crippen molar-refractivity contribution in [3.63, 3.8) is 0 Å². The normalized spacial score (nSPS) is 19.0. The van der Waals surface area contributed by atoms with Crippen molar-refractivity contribution in [2.75, 3.05) is 20.3 Å². The molecule has 3 amide bonds. The summed E-state index contributed by atoms with van der Waals surface area (Å²) in [5.74, 6) is -4.16. The third-order valence-electron chi connectivity index (χ3n) is 7.66. The van der Waals surface area contributed by atoms with Gasteiger partial charge in [0.05, 0.1) is 13.7 Å². The highest BCUT2D eigenvalue weighted by Crippen LogP contribution is 2.27. The first-order chi connectivity index (χ1) is 20.0. The summed E-state index contributed by atoms with van der Waals surface area (Å²) in [4.78, 5) is 64.7. The Labute approximate surface area is 243 Å². The number of rotatable bonds is 12. The maximum atomic E-state index is 13.9. The summed E-state index contributed by atoms with van der Waals surface area (Å²) in [7, 11) is 1.08. The highest BCUT2D eigenvalue weighted by Gasteiger charge is 2.38. The number of hydrogen-bond donors (Lipinski definition) is 2. The third-order valence-corrected chi connectivity index (χ3v) is 7.66. The van der Waals surface area contributed by atoms with Crippen LogP contribution in [0.15, 0.2) is 18.2 Å². The number of carbonyl (C=O) groups is 5. The number of methoxy groups -OCH3 is 1. The molecule has 1 aliphatic heterocycles. The highest BCUT2D eigenvalue weighted by molar-refractivity contribution is 5.90. The van der Waals surface area contributed by atoms with Gasteiger partial charge in [0.15, 0.2) is 6.04 Å². The van der Waals surface area contributed by atoms with E-state index >= 15 is 0 Å². The number of nitrogens with zero attached hydrogens (tertiary/aromatic N) is 1. The average molecular weight is 596 g/mol. The van der Waals surface area contributed by atoms with Gasteiger partial charge in [0.2, 0.25) is 11.8 Å². The number of esters is 2. The molecule has 0 radical (unpaired) electrons. The highest BCUT2D eigenvalue weighted by atomic mass is 19.1. The molecule has 2 N–H and O–H groups in total. The number of hydrogen-bond acceptors (Lipinski definition) is 8. The first kappa shape index (κ1) is 32.7. The summed E-state index contributed by atoms with van der Waals surface area (Å²) in [6, 6.07) is -1.03. The SMILES string of the molecule is COC(=O)[C@@H](NC(=O)[C@H](Cc1cc(F)cc(F)c1)NC(=O)OCCC1CCCC1)[C@@H](C)OC(=O)C1CCCN1C(C)=O. The fourth-order valence-electron chi connectivity index (χ4n) is 5.44. The van der Waals surface area contributed by atoms with E-state index in [0.29, 0.717) is 37.8 Å². The lowest BCUT2D eigenvalue weighted by atomic mass is 10.0. The molecule has 1 aromatic carbocycles. The molecular formula is C29H39F2N3O8. The van der Waals surface area contributed by atoms with Crippen LogP contribution in [0.1, 0.15) is 64.4 Å². The van der Waals surface area contributed by atoms with Crippen LogP contribution in [0.3, 0.4) is 0 Å². The minimum atomic E-state index is -1.49. The summed E-state index contributed by atoms with van der Waals surface area (Å²) < 4.78 is 43.2. The van der Waals surface area contributed by atoms with E-state index in [9.17, 15) is 32.8 Å². The second kappa shape index (κ2) is 15.5. The van der Waals surface area contributed by atoms with Crippen LogP contribution in [-0.4, -0.2) is 79.2 Å². The Bertz CT molecular complexity index is 1120. The van der Waals surface area contributed by atoms with Gasteiger partial charge in [0, 0.05) is 26.0 Å². The molecule has 1 saturated carbocycles. The van der Waals surface area contributed by atoms with Gasteiger partial charge in [0.25, 0.3) is 0 Å². The molecule has 3 rings (SSSR count). The molecule has 1 aliphatic carbocycles. The molecule has 1 saturated heterocycles. The Morgan fingerprint density at radius 1 is 1.00 bits per heavy atom. The third kappa shape index (κ3) is 9.38. The van der Waals surface area contributed by atoms with Crippen molar-refractivity contribution < 1.29 is 47.0 Å². The van der Waals surface area contributed by atoms with Crippen molar-refractivity contribution in [2.45, 2.75) is 89.4 Å². The molecule has 0 spiro atoms. The van der Waals surface area contributed by atoms with Crippen LogP contribution in [0, 0.1) is 17.6 Å². The molecular weight excluding hydrogens is 556 g/mol. The quantitative estimate of drug-likeness (QED) is 0.278. The largest absolute Gasteiger partial charge is 0.467 e. The van der Waals surface area contributed by atoms with E-state index in [0.717, 1.165) is 44.9 Å². The number of alkyl carbamates (subject to hydrolysis) is 1. The lowest BCUT2D eigenvalue weighted by Crippen LogP contribution is -2.56. The summed E-state index contributed by atoms with van der Waals surface area (Å²) >= 11 is 0. The number of ether oxygens (including phenoxy) is 3. The van der Waals surface area contributed by atoms with Crippen LogP contribution >= 0.6 is 0 Å². The monoisotopic (exact) mass is 595 g/mol. The first-order valence-corrected chi connectivity index (χ1v) is 14.2. The van der Waals surface area contributed by atoms with Crippen LogP contribution in [0.5, 0.6) is 0 Å². The zero-order valence-corrected chi connectivity index (χ0v) is 24.2. The van der Waals surface area contributed by atoms with Crippen molar-refractivity contribution in [1.82, 2.24) is 15.5 Å². The predicted octanol–water partition coefficient (Wildman–Crippen LogP) is 2.78. The van der Waals surface area contributed by atoms with E-state index in [2.05, 4.69) is 10.6 Å². The lowest BCUT2D eigenvalue weighted by molar-refractivity contribution is -0.163. The number of carbonyl (C=O) groups excluding carboxylic acids is 5. The van der Waals surface area contributed by atoms with Gasteiger partial charge in [-0.05, 0) is 49.8 Å². The van der Waals surface area contributed by atoms with Gasteiger partial charge in [-0.1, -0.05) is 25.7 Å².